The Balaban J connectivity index is 2.82. The predicted octanol–water partition coefficient (Wildman–Crippen LogP) is 1.79. The summed E-state index contributed by atoms with van der Waals surface area (Å²) in [5, 5.41) is 13.8. The lowest BCUT2D eigenvalue weighted by Crippen LogP contribution is -2.28. The molecular formula is C9H13ClN4O2. The summed E-state index contributed by atoms with van der Waals surface area (Å²) in [6.07, 6.45) is 2.14. The zero-order valence-electron chi connectivity index (χ0n) is 8.81. The first-order valence-corrected chi connectivity index (χ1v) is 5.21. The van der Waals surface area contributed by atoms with Gasteiger partial charge in [-0.05, 0) is 6.42 Å². The number of nitrogens with two attached hydrogens (primary N) is 1. The molecule has 0 spiro atoms. The number of rotatable bonds is 5. The van der Waals surface area contributed by atoms with Crippen molar-refractivity contribution >= 4 is 23.1 Å². The maximum Gasteiger partial charge on any atom is 0.312 e. The number of nitrogens with one attached hydrogen (secondary N) is 1. The molecule has 0 aliphatic rings. The smallest absolute Gasteiger partial charge is 0.312 e. The van der Waals surface area contributed by atoms with E-state index in [2.05, 4.69) is 10.3 Å². The van der Waals surface area contributed by atoms with Gasteiger partial charge in [-0.15, -0.1) is 0 Å². The number of nitro groups is 1. The monoisotopic (exact) mass is 244 g/mol. The summed E-state index contributed by atoms with van der Waals surface area (Å²) < 4.78 is 0. The fourth-order valence-electron chi connectivity index (χ4n) is 1.08. The Labute approximate surface area is 98.0 Å². The summed E-state index contributed by atoms with van der Waals surface area (Å²) in [6, 6.07) is 1.20. The van der Waals surface area contributed by atoms with Crippen molar-refractivity contribution in [1.29, 1.82) is 0 Å². The Morgan fingerprint density at radius 3 is 3.00 bits per heavy atom. The van der Waals surface area contributed by atoms with Gasteiger partial charge in [-0.2, -0.15) is 0 Å². The van der Waals surface area contributed by atoms with Gasteiger partial charge in [-0.25, -0.2) is 4.98 Å². The van der Waals surface area contributed by atoms with Crippen LogP contribution in [0, 0.1) is 10.1 Å². The van der Waals surface area contributed by atoms with Crippen LogP contribution in [0.2, 0.25) is 5.02 Å². The SMILES string of the molecule is CCC(N)CNc1ncc(Cl)cc1[N+](=O)[O-]. The number of hydrogen-bond donors (Lipinski definition) is 2. The summed E-state index contributed by atoms with van der Waals surface area (Å²) in [5.41, 5.74) is 5.55. The number of pyridine rings is 1. The van der Waals surface area contributed by atoms with Crippen LogP contribution in [0.4, 0.5) is 11.5 Å². The van der Waals surface area contributed by atoms with Crippen LogP contribution >= 0.6 is 11.6 Å². The summed E-state index contributed by atoms with van der Waals surface area (Å²) >= 11 is 5.63. The molecule has 0 fully saturated rings. The van der Waals surface area contributed by atoms with E-state index in [9.17, 15) is 10.1 Å². The first kappa shape index (κ1) is 12.7. The third-order valence-corrected chi connectivity index (χ3v) is 2.29. The fourth-order valence-corrected chi connectivity index (χ4v) is 1.23. The topological polar surface area (TPSA) is 94.1 Å². The van der Waals surface area contributed by atoms with Crippen molar-refractivity contribution in [3.05, 3.63) is 27.4 Å². The Hall–Kier alpha value is -1.40. The van der Waals surface area contributed by atoms with Crippen molar-refractivity contribution in [1.82, 2.24) is 4.98 Å². The lowest BCUT2D eigenvalue weighted by molar-refractivity contribution is -0.384. The molecule has 0 radical (unpaired) electrons. The van der Waals surface area contributed by atoms with E-state index >= 15 is 0 Å². The summed E-state index contributed by atoms with van der Waals surface area (Å²) in [5.74, 6) is 0.193. The lowest BCUT2D eigenvalue weighted by Gasteiger charge is -2.10. The highest BCUT2D eigenvalue weighted by atomic mass is 35.5. The van der Waals surface area contributed by atoms with Gasteiger partial charge in [0, 0.05) is 24.8 Å². The van der Waals surface area contributed by atoms with E-state index in [4.69, 9.17) is 17.3 Å². The van der Waals surface area contributed by atoms with Gasteiger partial charge in [0.1, 0.15) is 0 Å². The van der Waals surface area contributed by atoms with Crippen molar-refractivity contribution < 1.29 is 4.92 Å². The van der Waals surface area contributed by atoms with E-state index in [1.54, 1.807) is 0 Å². The number of aromatic nitrogens is 1. The molecule has 6 nitrogen and oxygen atoms in total. The maximum absolute atomic E-state index is 10.7. The third-order valence-electron chi connectivity index (χ3n) is 2.09. The van der Waals surface area contributed by atoms with Crippen molar-refractivity contribution in [2.45, 2.75) is 19.4 Å². The minimum Gasteiger partial charge on any atom is -0.363 e. The molecule has 16 heavy (non-hydrogen) atoms. The predicted molar refractivity (Wildman–Crippen MR) is 62.7 cm³/mol. The van der Waals surface area contributed by atoms with Crippen molar-refractivity contribution in [2.75, 3.05) is 11.9 Å². The van der Waals surface area contributed by atoms with Gasteiger partial charge in [0.25, 0.3) is 0 Å². The van der Waals surface area contributed by atoms with Crippen LogP contribution in [0.25, 0.3) is 0 Å². The van der Waals surface area contributed by atoms with E-state index in [0.717, 1.165) is 6.42 Å². The molecule has 0 aliphatic carbocycles. The van der Waals surface area contributed by atoms with E-state index in [-0.39, 0.29) is 22.6 Å². The fraction of sp³-hybridized carbons (Fsp3) is 0.444. The van der Waals surface area contributed by atoms with Gasteiger partial charge >= 0.3 is 5.69 Å². The molecule has 1 heterocycles. The highest BCUT2D eigenvalue weighted by molar-refractivity contribution is 6.30. The lowest BCUT2D eigenvalue weighted by atomic mass is 10.2. The van der Waals surface area contributed by atoms with E-state index < -0.39 is 4.92 Å². The van der Waals surface area contributed by atoms with E-state index in [1.165, 1.54) is 12.3 Å². The van der Waals surface area contributed by atoms with Gasteiger partial charge in [-0.3, -0.25) is 10.1 Å². The molecule has 0 saturated heterocycles. The zero-order chi connectivity index (χ0) is 12.1. The molecule has 88 valence electrons. The van der Waals surface area contributed by atoms with Crippen LogP contribution in [0.3, 0.4) is 0 Å². The second-order valence-corrected chi connectivity index (χ2v) is 3.76. The standard InChI is InChI=1S/C9H13ClN4O2/c1-2-7(11)5-13-9-8(14(15)16)3-6(10)4-12-9/h3-4,7H,2,5,11H2,1H3,(H,12,13). The quantitative estimate of drug-likeness (QED) is 0.608. The largest absolute Gasteiger partial charge is 0.363 e. The van der Waals surface area contributed by atoms with Gasteiger partial charge in [0.15, 0.2) is 0 Å². The Kier molecular flexibility index (Phi) is 4.45. The molecule has 0 saturated carbocycles. The molecule has 1 atom stereocenters. The second-order valence-electron chi connectivity index (χ2n) is 3.33. The van der Waals surface area contributed by atoms with Gasteiger partial charge < -0.3 is 11.1 Å². The van der Waals surface area contributed by atoms with Crippen LogP contribution in [-0.2, 0) is 0 Å². The molecule has 1 aromatic heterocycles. The Bertz CT molecular complexity index is 386. The second kappa shape index (κ2) is 5.62. The van der Waals surface area contributed by atoms with Crippen LogP contribution in [-0.4, -0.2) is 22.5 Å². The maximum atomic E-state index is 10.7. The van der Waals surface area contributed by atoms with Gasteiger partial charge in [0.05, 0.1) is 9.95 Å². The molecule has 0 aliphatic heterocycles. The summed E-state index contributed by atoms with van der Waals surface area (Å²) in [4.78, 5) is 14.1. The van der Waals surface area contributed by atoms with E-state index in [0.29, 0.717) is 6.54 Å². The van der Waals surface area contributed by atoms with Crippen LogP contribution in [0.1, 0.15) is 13.3 Å². The zero-order valence-corrected chi connectivity index (χ0v) is 9.57. The van der Waals surface area contributed by atoms with Crippen molar-refractivity contribution in [3.8, 4) is 0 Å². The highest BCUT2D eigenvalue weighted by Crippen LogP contribution is 2.24. The Morgan fingerprint density at radius 2 is 2.44 bits per heavy atom. The minimum atomic E-state index is -0.529. The average Bonchev–Trinajstić information content (AvgIpc) is 2.26. The van der Waals surface area contributed by atoms with Crippen molar-refractivity contribution in [2.24, 2.45) is 5.73 Å². The van der Waals surface area contributed by atoms with Crippen LogP contribution in [0.5, 0.6) is 0 Å². The molecule has 0 amide bonds. The molecule has 1 aromatic rings. The van der Waals surface area contributed by atoms with Crippen LogP contribution < -0.4 is 11.1 Å². The molecule has 0 bridgehead atoms. The number of halogens is 1. The average molecular weight is 245 g/mol. The minimum absolute atomic E-state index is 0.0583. The number of anilines is 1. The number of hydrogen-bond acceptors (Lipinski definition) is 5. The Morgan fingerprint density at radius 1 is 1.75 bits per heavy atom. The summed E-state index contributed by atoms with van der Waals surface area (Å²) in [7, 11) is 0. The van der Waals surface area contributed by atoms with E-state index in [1.807, 2.05) is 6.92 Å². The molecule has 1 unspecified atom stereocenters. The molecule has 7 heteroatoms. The molecular weight excluding hydrogens is 232 g/mol. The van der Waals surface area contributed by atoms with Gasteiger partial charge in [0.2, 0.25) is 5.82 Å². The molecule has 0 aromatic carbocycles. The third kappa shape index (κ3) is 3.32. The normalized spacial score (nSPS) is 12.2. The van der Waals surface area contributed by atoms with Crippen molar-refractivity contribution in [3.63, 3.8) is 0 Å². The highest BCUT2D eigenvalue weighted by Gasteiger charge is 2.16. The first-order valence-electron chi connectivity index (χ1n) is 4.84. The number of nitrogens with zero attached hydrogens (tertiary/aromatic N) is 2. The van der Waals surface area contributed by atoms with Gasteiger partial charge in [-0.1, -0.05) is 18.5 Å². The summed E-state index contributed by atoms with van der Waals surface area (Å²) in [6.45, 7) is 2.38. The first-order chi connectivity index (χ1) is 7.54. The molecule has 1 rings (SSSR count). The molecule has 3 N–H and O–H groups in total. The van der Waals surface area contributed by atoms with Crippen LogP contribution in [0.15, 0.2) is 12.3 Å².